The maximum absolute atomic E-state index is 12.1. The smallest absolute Gasteiger partial charge is 0.244 e. The van der Waals surface area contributed by atoms with Crippen molar-refractivity contribution in [2.24, 2.45) is 0 Å². The van der Waals surface area contributed by atoms with Crippen LogP contribution in [0.25, 0.3) is 6.08 Å². The summed E-state index contributed by atoms with van der Waals surface area (Å²) in [4.78, 5) is 13.1. The van der Waals surface area contributed by atoms with Gasteiger partial charge in [0.05, 0.1) is 13.2 Å². The average Bonchev–Trinajstić information content (AvgIpc) is 3.14. The second-order valence-electron chi connectivity index (χ2n) is 5.20. The SMILES string of the molecule is CNS(=O)(=O)c1cc(C=CC(=O)NC(C)c2cccs2)ccc1OC. The number of carbonyl (C=O) groups is 1. The first kappa shape index (κ1) is 19.2. The van der Waals surface area contributed by atoms with Gasteiger partial charge in [0.15, 0.2) is 0 Å². The summed E-state index contributed by atoms with van der Waals surface area (Å²) in [5, 5.41) is 4.81. The van der Waals surface area contributed by atoms with Crippen LogP contribution in [0.15, 0.2) is 46.7 Å². The van der Waals surface area contributed by atoms with Crippen molar-refractivity contribution < 1.29 is 17.9 Å². The summed E-state index contributed by atoms with van der Waals surface area (Å²) in [7, 11) is -0.927. The van der Waals surface area contributed by atoms with Crippen molar-refractivity contribution in [3.05, 3.63) is 52.2 Å². The Morgan fingerprint density at radius 3 is 2.68 bits per heavy atom. The van der Waals surface area contributed by atoms with Crippen molar-refractivity contribution in [2.45, 2.75) is 17.9 Å². The molecule has 25 heavy (non-hydrogen) atoms. The molecule has 0 aliphatic heterocycles. The van der Waals surface area contributed by atoms with Crippen LogP contribution in [0.5, 0.6) is 5.75 Å². The maximum Gasteiger partial charge on any atom is 0.244 e. The quantitative estimate of drug-likeness (QED) is 0.723. The van der Waals surface area contributed by atoms with E-state index in [9.17, 15) is 13.2 Å². The van der Waals surface area contributed by atoms with Gasteiger partial charge >= 0.3 is 0 Å². The van der Waals surface area contributed by atoms with Crippen molar-refractivity contribution in [3.8, 4) is 5.75 Å². The van der Waals surface area contributed by atoms with Gasteiger partial charge in [0, 0.05) is 11.0 Å². The van der Waals surface area contributed by atoms with Crippen molar-refractivity contribution in [2.75, 3.05) is 14.2 Å². The molecule has 0 saturated heterocycles. The Kier molecular flexibility index (Phi) is 6.35. The van der Waals surface area contributed by atoms with E-state index in [-0.39, 0.29) is 22.6 Å². The predicted molar refractivity (Wildman–Crippen MR) is 99.2 cm³/mol. The zero-order valence-electron chi connectivity index (χ0n) is 14.1. The van der Waals surface area contributed by atoms with E-state index in [4.69, 9.17) is 4.74 Å². The molecule has 1 unspecified atom stereocenters. The van der Waals surface area contributed by atoms with Gasteiger partial charge in [-0.05, 0) is 49.2 Å². The minimum Gasteiger partial charge on any atom is -0.495 e. The molecule has 0 aliphatic carbocycles. The molecular formula is C17H20N2O4S2. The van der Waals surface area contributed by atoms with Gasteiger partial charge in [-0.3, -0.25) is 4.79 Å². The normalized spacial score (nSPS) is 12.9. The van der Waals surface area contributed by atoms with Crippen molar-refractivity contribution in [1.29, 1.82) is 0 Å². The Morgan fingerprint density at radius 2 is 2.08 bits per heavy atom. The van der Waals surface area contributed by atoms with Crippen LogP contribution < -0.4 is 14.8 Å². The van der Waals surface area contributed by atoms with Crippen LogP contribution in [0.2, 0.25) is 0 Å². The molecule has 1 aromatic carbocycles. The summed E-state index contributed by atoms with van der Waals surface area (Å²) in [5.41, 5.74) is 0.577. The van der Waals surface area contributed by atoms with E-state index >= 15 is 0 Å². The lowest BCUT2D eigenvalue weighted by Crippen LogP contribution is -2.23. The monoisotopic (exact) mass is 380 g/mol. The fourth-order valence-electron chi connectivity index (χ4n) is 2.16. The molecule has 0 aliphatic rings. The number of sulfonamides is 1. The third kappa shape index (κ3) is 4.91. The van der Waals surface area contributed by atoms with Crippen molar-refractivity contribution >= 4 is 33.3 Å². The van der Waals surface area contributed by atoms with Gasteiger partial charge in [-0.1, -0.05) is 12.1 Å². The summed E-state index contributed by atoms with van der Waals surface area (Å²) in [6.45, 7) is 1.91. The summed E-state index contributed by atoms with van der Waals surface area (Å²) in [6, 6.07) is 8.48. The summed E-state index contributed by atoms with van der Waals surface area (Å²) < 4.78 is 31.5. The molecule has 2 N–H and O–H groups in total. The van der Waals surface area contributed by atoms with Gasteiger partial charge in [-0.25, -0.2) is 13.1 Å². The van der Waals surface area contributed by atoms with Crippen LogP contribution in [-0.2, 0) is 14.8 Å². The Balaban J connectivity index is 2.15. The Hall–Kier alpha value is -2.16. The predicted octanol–water partition coefficient (Wildman–Crippen LogP) is 2.56. The van der Waals surface area contributed by atoms with E-state index in [2.05, 4.69) is 10.0 Å². The second kappa shape index (κ2) is 8.28. The maximum atomic E-state index is 12.1. The molecule has 2 aromatic rings. The van der Waals surface area contributed by atoms with Crippen LogP contribution in [-0.4, -0.2) is 28.5 Å². The standard InChI is InChI=1S/C17H20N2O4S2/c1-12(15-5-4-10-24-15)19-17(20)9-7-13-6-8-14(23-3)16(11-13)25(21,22)18-2/h4-12,18H,1-3H3,(H,19,20). The number of amides is 1. The minimum atomic E-state index is -3.66. The fourth-order valence-corrected chi connectivity index (χ4v) is 3.82. The first-order valence-electron chi connectivity index (χ1n) is 7.51. The molecule has 0 spiro atoms. The van der Waals surface area contributed by atoms with E-state index in [0.717, 1.165) is 4.88 Å². The number of nitrogens with one attached hydrogen (secondary N) is 2. The van der Waals surface area contributed by atoms with Crippen LogP contribution in [0.3, 0.4) is 0 Å². The number of benzene rings is 1. The molecule has 1 aromatic heterocycles. The van der Waals surface area contributed by atoms with Gasteiger partial charge < -0.3 is 10.1 Å². The van der Waals surface area contributed by atoms with Crippen LogP contribution in [0.4, 0.5) is 0 Å². The summed E-state index contributed by atoms with van der Waals surface area (Å²) >= 11 is 1.57. The number of thiophene rings is 1. The van der Waals surface area contributed by atoms with E-state index in [1.165, 1.54) is 26.3 Å². The molecule has 0 bridgehead atoms. The molecule has 1 atom stereocenters. The lowest BCUT2D eigenvalue weighted by molar-refractivity contribution is -0.117. The minimum absolute atomic E-state index is 0.0204. The highest BCUT2D eigenvalue weighted by molar-refractivity contribution is 7.89. The zero-order chi connectivity index (χ0) is 18.4. The molecule has 8 heteroatoms. The fraction of sp³-hybridized carbons (Fsp3) is 0.235. The van der Waals surface area contributed by atoms with E-state index in [1.807, 2.05) is 24.4 Å². The Morgan fingerprint density at radius 1 is 1.32 bits per heavy atom. The van der Waals surface area contributed by atoms with E-state index in [0.29, 0.717) is 5.56 Å². The number of carbonyl (C=O) groups excluding carboxylic acids is 1. The number of ether oxygens (including phenoxy) is 1. The number of methoxy groups -OCH3 is 1. The lowest BCUT2D eigenvalue weighted by Gasteiger charge is -2.10. The van der Waals surface area contributed by atoms with Gasteiger partial charge in [-0.15, -0.1) is 11.3 Å². The highest BCUT2D eigenvalue weighted by atomic mass is 32.2. The van der Waals surface area contributed by atoms with Crippen molar-refractivity contribution in [3.63, 3.8) is 0 Å². The molecule has 1 amide bonds. The van der Waals surface area contributed by atoms with Crippen LogP contribution in [0, 0.1) is 0 Å². The third-order valence-electron chi connectivity index (χ3n) is 3.50. The van der Waals surface area contributed by atoms with E-state index < -0.39 is 10.0 Å². The van der Waals surface area contributed by atoms with Crippen LogP contribution >= 0.6 is 11.3 Å². The zero-order valence-corrected chi connectivity index (χ0v) is 15.8. The molecule has 1 heterocycles. The first-order chi connectivity index (χ1) is 11.9. The topological polar surface area (TPSA) is 84.5 Å². The molecule has 6 nitrogen and oxygen atoms in total. The number of rotatable bonds is 7. The average molecular weight is 380 g/mol. The van der Waals surface area contributed by atoms with E-state index in [1.54, 1.807) is 29.5 Å². The second-order valence-corrected chi connectivity index (χ2v) is 8.03. The Labute approximate surface area is 151 Å². The largest absolute Gasteiger partial charge is 0.495 e. The van der Waals surface area contributed by atoms with Gasteiger partial charge in [0.2, 0.25) is 15.9 Å². The first-order valence-corrected chi connectivity index (χ1v) is 9.87. The van der Waals surface area contributed by atoms with Crippen LogP contribution in [0.1, 0.15) is 23.4 Å². The third-order valence-corrected chi connectivity index (χ3v) is 5.99. The number of hydrogen-bond acceptors (Lipinski definition) is 5. The van der Waals surface area contributed by atoms with Gasteiger partial charge in [-0.2, -0.15) is 0 Å². The van der Waals surface area contributed by atoms with Gasteiger partial charge in [0.25, 0.3) is 0 Å². The molecule has 134 valence electrons. The summed E-state index contributed by atoms with van der Waals surface area (Å²) in [5.74, 6) is -0.0167. The van der Waals surface area contributed by atoms with Gasteiger partial charge in [0.1, 0.15) is 10.6 Å². The van der Waals surface area contributed by atoms with Crippen molar-refractivity contribution in [1.82, 2.24) is 10.0 Å². The Bertz CT molecular complexity index is 859. The molecule has 2 rings (SSSR count). The molecule has 0 saturated carbocycles. The highest BCUT2D eigenvalue weighted by Crippen LogP contribution is 2.25. The number of hydrogen-bond donors (Lipinski definition) is 2. The summed E-state index contributed by atoms with van der Waals surface area (Å²) in [6.07, 6.45) is 2.94. The lowest BCUT2D eigenvalue weighted by atomic mass is 10.2. The molecule has 0 fully saturated rings. The molecular weight excluding hydrogens is 360 g/mol. The molecule has 0 radical (unpaired) electrons. The highest BCUT2D eigenvalue weighted by Gasteiger charge is 2.17.